The normalized spacial score (nSPS) is 13.4. The van der Waals surface area contributed by atoms with E-state index in [1.807, 2.05) is 45.0 Å². The quantitative estimate of drug-likeness (QED) is 0.644. The van der Waals surface area contributed by atoms with Crippen LogP contribution < -0.4 is 5.32 Å². The highest BCUT2D eigenvalue weighted by molar-refractivity contribution is 9.10. The van der Waals surface area contributed by atoms with E-state index in [0.717, 1.165) is 10.2 Å². The predicted molar refractivity (Wildman–Crippen MR) is 88.4 cm³/mol. The smallest absolute Gasteiger partial charge is 0.224 e. The lowest BCUT2D eigenvalue weighted by Gasteiger charge is -2.17. The van der Waals surface area contributed by atoms with E-state index < -0.39 is 11.4 Å². The minimum atomic E-state index is -1.26. The zero-order valence-corrected chi connectivity index (χ0v) is 14.3. The molecule has 1 aromatic rings. The van der Waals surface area contributed by atoms with E-state index >= 15 is 0 Å². The highest BCUT2D eigenvalue weighted by Gasteiger charge is 2.25. The van der Waals surface area contributed by atoms with Gasteiger partial charge in [-0.05, 0) is 45.4 Å². The van der Waals surface area contributed by atoms with Gasteiger partial charge in [0.1, 0.15) is 16.1 Å². The zero-order valence-electron chi connectivity index (χ0n) is 11.9. The van der Waals surface area contributed by atoms with Crippen molar-refractivity contribution in [3.63, 3.8) is 0 Å². The Hall–Kier alpha value is -0.850. The molecule has 4 nitrogen and oxygen atoms in total. The average Bonchev–Trinajstić information content (AvgIpc) is 2.33. The van der Waals surface area contributed by atoms with E-state index in [2.05, 4.69) is 25.6 Å². The third-order valence-corrected chi connectivity index (χ3v) is 4.18. The number of hydrogen-bond acceptors (Lipinski definition) is 3. The first kappa shape index (κ1) is 17.2. The summed E-state index contributed by atoms with van der Waals surface area (Å²) in [6, 6.07) is 7.41. The highest BCUT2D eigenvalue weighted by Crippen LogP contribution is 2.17. The molecule has 0 spiro atoms. The first-order valence-corrected chi connectivity index (χ1v) is 8.19. The number of benzene rings is 1. The molecule has 1 unspecified atom stereocenters. The van der Waals surface area contributed by atoms with Gasteiger partial charge in [-0.25, -0.2) is 0 Å². The number of rotatable bonds is 5. The van der Waals surface area contributed by atoms with E-state index in [4.69, 9.17) is 0 Å². The molecule has 1 amide bonds. The van der Waals surface area contributed by atoms with Crippen molar-refractivity contribution in [2.75, 3.05) is 5.32 Å². The number of halogens is 1. The molecule has 0 fully saturated rings. The first-order chi connectivity index (χ1) is 9.29. The molecule has 0 radical (unpaired) electrons. The van der Waals surface area contributed by atoms with E-state index in [1.54, 1.807) is 6.21 Å². The average molecular weight is 359 g/mol. The number of hydrogen-bond donors (Lipinski definition) is 1. The van der Waals surface area contributed by atoms with Crippen molar-refractivity contribution in [3.8, 4) is 0 Å². The fourth-order valence-electron chi connectivity index (χ4n) is 1.26. The van der Waals surface area contributed by atoms with Crippen LogP contribution in [0, 0.1) is 0 Å². The lowest BCUT2D eigenvalue weighted by Crippen LogP contribution is -2.25. The van der Waals surface area contributed by atoms with Crippen molar-refractivity contribution in [1.29, 1.82) is 0 Å². The fourth-order valence-corrected chi connectivity index (χ4v) is 2.22. The van der Waals surface area contributed by atoms with Crippen molar-refractivity contribution in [1.82, 2.24) is 0 Å². The topological polar surface area (TPSA) is 64.5 Å². The van der Waals surface area contributed by atoms with Crippen LogP contribution in [0.1, 0.15) is 33.6 Å². The van der Waals surface area contributed by atoms with Gasteiger partial charge >= 0.3 is 0 Å². The Labute approximate surface area is 131 Å². The van der Waals surface area contributed by atoms with Crippen LogP contribution in [0.3, 0.4) is 0 Å². The maximum atomic E-state index is 11.7. The van der Waals surface area contributed by atoms with Gasteiger partial charge in [0.15, 0.2) is 0 Å². The SMILES string of the molecule is CC(C)(C)[S+]([O-])N=CCCC(=O)Nc1cccc(Br)c1. The van der Waals surface area contributed by atoms with Crippen LogP contribution in [-0.4, -0.2) is 21.4 Å². The summed E-state index contributed by atoms with van der Waals surface area (Å²) in [5.74, 6) is -0.0870. The molecule has 1 N–H and O–H groups in total. The van der Waals surface area contributed by atoms with Gasteiger partial charge in [0.25, 0.3) is 0 Å². The first-order valence-electron chi connectivity index (χ1n) is 6.29. The Morgan fingerprint density at radius 1 is 1.50 bits per heavy atom. The zero-order chi connectivity index (χ0) is 15.2. The summed E-state index contributed by atoms with van der Waals surface area (Å²) in [6.07, 6.45) is 2.35. The summed E-state index contributed by atoms with van der Waals surface area (Å²) in [4.78, 5) is 11.7. The Balaban J connectivity index is 2.36. The van der Waals surface area contributed by atoms with Gasteiger partial charge in [-0.1, -0.05) is 26.4 Å². The fraction of sp³-hybridized carbons (Fsp3) is 0.429. The molecule has 0 aromatic heterocycles. The number of amides is 1. The minimum absolute atomic E-state index is 0.0870. The molecule has 1 aromatic carbocycles. The number of carbonyl (C=O) groups excluding carboxylic acids is 1. The summed E-state index contributed by atoms with van der Waals surface area (Å²) in [6.45, 7) is 5.58. The molecule has 0 aliphatic rings. The molecule has 0 heterocycles. The van der Waals surface area contributed by atoms with Crippen molar-refractivity contribution >= 4 is 45.1 Å². The Kier molecular flexibility index (Phi) is 6.71. The molecular weight excluding hydrogens is 340 g/mol. The Bertz CT molecular complexity index is 486. The van der Waals surface area contributed by atoms with Crippen LogP contribution in [-0.2, 0) is 16.2 Å². The van der Waals surface area contributed by atoms with Crippen molar-refractivity contribution in [3.05, 3.63) is 28.7 Å². The van der Waals surface area contributed by atoms with Gasteiger partial charge in [0.2, 0.25) is 5.91 Å². The number of carbonyl (C=O) groups is 1. The summed E-state index contributed by atoms with van der Waals surface area (Å²) in [5.41, 5.74) is 0.750. The third kappa shape index (κ3) is 6.54. The summed E-state index contributed by atoms with van der Waals surface area (Å²) >= 11 is 2.08. The largest absolute Gasteiger partial charge is 0.591 e. The van der Waals surface area contributed by atoms with Gasteiger partial charge in [-0.15, -0.1) is 0 Å². The highest BCUT2D eigenvalue weighted by atomic mass is 79.9. The lowest BCUT2D eigenvalue weighted by molar-refractivity contribution is -0.116. The number of nitrogens with one attached hydrogen (secondary N) is 1. The van der Waals surface area contributed by atoms with Crippen molar-refractivity contribution < 1.29 is 9.35 Å². The van der Waals surface area contributed by atoms with Crippen molar-refractivity contribution in [2.45, 2.75) is 38.4 Å². The Morgan fingerprint density at radius 2 is 2.20 bits per heavy atom. The van der Waals surface area contributed by atoms with Crippen LogP contribution in [0.2, 0.25) is 0 Å². The number of nitrogens with zero attached hydrogens (tertiary/aromatic N) is 1. The van der Waals surface area contributed by atoms with Gasteiger partial charge in [0, 0.05) is 16.6 Å². The maximum absolute atomic E-state index is 11.7. The van der Waals surface area contributed by atoms with Gasteiger partial charge in [-0.2, -0.15) is 0 Å². The molecule has 0 bridgehead atoms. The molecular formula is C14H19BrN2O2S. The molecule has 20 heavy (non-hydrogen) atoms. The van der Waals surface area contributed by atoms with Gasteiger partial charge in [0.05, 0.1) is 6.21 Å². The van der Waals surface area contributed by atoms with Crippen molar-refractivity contribution in [2.24, 2.45) is 4.40 Å². The van der Waals surface area contributed by atoms with Crippen LogP contribution >= 0.6 is 15.9 Å². The molecule has 110 valence electrons. The van der Waals surface area contributed by atoms with E-state index in [0.29, 0.717) is 12.8 Å². The summed E-state index contributed by atoms with van der Waals surface area (Å²) < 4.78 is 16.1. The second-order valence-electron chi connectivity index (χ2n) is 5.25. The second-order valence-corrected chi connectivity index (χ2v) is 8.10. The molecule has 0 aliphatic carbocycles. The monoisotopic (exact) mass is 358 g/mol. The molecule has 0 saturated carbocycles. The van der Waals surface area contributed by atoms with E-state index in [9.17, 15) is 9.35 Å². The molecule has 0 aliphatic heterocycles. The van der Waals surface area contributed by atoms with Gasteiger partial charge in [-0.3, -0.25) is 4.79 Å². The standard InChI is InChI=1S/C14H19BrN2O2S/c1-14(2,3)20(19)16-9-5-8-13(18)17-12-7-4-6-11(15)10-12/h4,6-7,9-10H,5,8H2,1-3H3,(H,17,18). The van der Waals surface area contributed by atoms with Crippen LogP contribution in [0.25, 0.3) is 0 Å². The van der Waals surface area contributed by atoms with Crippen LogP contribution in [0.15, 0.2) is 33.1 Å². The molecule has 6 heteroatoms. The lowest BCUT2D eigenvalue weighted by atomic mass is 10.3. The summed E-state index contributed by atoms with van der Waals surface area (Å²) in [5, 5.41) is 2.79. The van der Waals surface area contributed by atoms with Gasteiger partial charge < -0.3 is 9.87 Å². The maximum Gasteiger partial charge on any atom is 0.224 e. The molecule has 1 rings (SSSR count). The summed E-state index contributed by atoms with van der Waals surface area (Å²) in [7, 11) is 0. The van der Waals surface area contributed by atoms with E-state index in [1.165, 1.54) is 0 Å². The predicted octanol–water partition coefficient (Wildman–Crippen LogP) is 3.70. The van der Waals surface area contributed by atoms with E-state index in [-0.39, 0.29) is 10.7 Å². The number of anilines is 1. The Morgan fingerprint density at radius 3 is 2.80 bits per heavy atom. The van der Waals surface area contributed by atoms with Crippen LogP contribution in [0.5, 0.6) is 0 Å². The third-order valence-electron chi connectivity index (χ3n) is 2.30. The second kappa shape index (κ2) is 7.81. The minimum Gasteiger partial charge on any atom is -0.591 e. The van der Waals surface area contributed by atoms with Crippen LogP contribution in [0.4, 0.5) is 5.69 Å². The molecule has 1 atom stereocenters. The molecule has 0 saturated heterocycles.